The number of hydrogen-bond acceptors (Lipinski definition) is 5. The minimum Gasteiger partial charge on any atom is -0.496 e. The third-order valence-electron chi connectivity index (χ3n) is 4.83. The lowest BCUT2D eigenvalue weighted by Crippen LogP contribution is -2.26. The van der Waals surface area contributed by atoms with Gasteiger partial charge in [-0.1, -0.05) is 17.7 Å². The van der Waals surface area contributed by atoms with Crippen molar-refractivity contribution < 1.29 is 14.3 Å². The summed E-state index contributed by atoms with van der Waals surface area (Å²) in [5.74, 6) is 1.47. The van der Waals surface area contributed by atoms with Gasteiger partial charge in [-0.15, -0.1) is 0 Å². The molecule has 0 fully saturated rings. The Kier molecular flexibility index (Phi) is 7.74. The van der Waals surface area contributed by atoms with Crippen LogP contribution in [-0.2, 0) is 11.2 Å². The van der Waals surface area contributed by atoms with Gasteiger partial charge in [0.2, 0.25) is 5.91 Å². The molecule has 0 aliphatic heterocycles. The summed E-state index contributed by atoms with van der Waals surface area (Å²) in [6, 6.07) is 13.2. The molecule has 2 aromatic carbocycles. The Bertz CT molecular complexity index is 988. The van der Waals surface area contributed by atoms with Crippen molar-refractivity contribution in [2.24, 2.45) is 0 Å². The molecule has 0 aliphatic carbocycles. The number of pyridine rings is 1. The molecular formula is C23H26ClN3O3. The molecule has 0 spiro atoms. The van der Waals surface area contributed by atoms with Crippen molar-refractivity contribution in [2.45, 2.75) is 19.3 Å². The maximum absolute atomic E-state index is 12.2. The van der Waals surface area contributed by atoms with Crippen LogP contribution in [0.3, 0.4) is 0 Å². The summed E-state index contributed by atoms with van der Waals surface area (Å²) in [4.78, 5) is 16.6. The van der Waals surface area contributed by atoms with Crippen LogP contribution in [0.25, 0.3) is 10.9 Å². The maximum Gasteiger partial charge on any atom is 0.220 e. The van der Waals surface area contributed by atoms with Crippen LogP contribution in [0.15, 0.2) is 48.7 Å². The van der Waals surface area contributed by atoms with Crippen molar-refractivity contribution in [3.63, 3.8) is 0 Å². The molecule has 0 saturated heterocycles. The number of nitrogens with one attached hydrogen (secondary N) is 2. The van der Waals surface area contributed by atoms with Crippen molar-refractivity contribution in [3.05, 3.63) is 59.2 Å². The summed E-state index contributed by atoms with van der Waals surface area (Å²) in [5.41, 5.74) is 2.77. The van der Waals surface area contributed by atoms with E-state index >= 15 is 0 Å². The first-order valence-corrected chi connectivity index (χ1v) is 10.2. The maximum atomic E-state index is 12.2. The predicted octanol–water partition coefficient (Wildman–Crippen LogP) is 4.46. The summed E-state index contributed by atoms with van der Waals surface area (Å²) in [5, 5.41) is 8.06. The Labute approximate surface area is 181 Å². The number of fused-ring (bicyclic) bond motifs is 1. The van der Waals surface area contributed by atoms with Gasteiger partial charge < -0.3 is 20.1 Å². The Balaban J connectivity index is 1.43. The third kappa shape index (κ3) is 5.54. The zero-order valence-corrected chi connectivity index (χ0v) is 18.0. The Morgan fingerprint density at radius 2 is 1.83 bits per heavy atom. The van der Waals surface area contributed by atoms with Crippen molar-refractivity contribution >= 4 is 34.1 Å². The molecule has 0 radical (unpaired) electrons. The SMILES string of the molecule is COc1cccc(OC)c1CCC(=O)NCCCNc1ccnc2cc(Cl)ccc12. The van der Waals surface area contributed by atoms with Gasteiger partial charge in [-0.3, -0.25) is 9.78 Å². The molecule has 1 amide bonds. The zero-order chi connectivity index (χ0) is 21.3. The first-order chi connectivity index (χ1) is 14.6. The van der Waals surface area contributed by atoms with E-state index in [1.165, 1.54) is 0 Å². The summed E-state index contributed by atoms with van der Waals surface area (Å²) in [6.45, 7) is 1.34. The quantitative estimate of drug-likeness (QED) is 0.467. The second-order valence-corrected chi connectivity index (χ2v) is 7.23. The van der Waals surface area contributed by atoms with Crippen molar-refractivity contribution in [1.82, 2.24) is 10.3 Å². The smallest absolute Gasteiger partial charge is 0.220 e. The normalized spacial score (nSPS) is 10.6. The van der Waals surface area contributed by atoms with Gasteiger partial charge in [0.05, 0.1) is 19.7 Å². The fraction of sp³-hybridized carbons (Fsp3) is 0.304. The van der Waals surface area contributed by atoms with Crippen LogP contribution < -0.4 is 20.1 Å². The van der Waals surface area contributed by atoms with E-state index in [4.69, 9.17) is 21.1 Å². The van der Waals surface area contributed by atoms with E-state index in [9.17, 15) is 4.79 Å². The standard InChI is InChI=1S/C23H26ClN3O3/c1-29-21-5-3-6-22(30-2)18(21)9-10-23(28)27-13-4-12-25-19-11-14-26-20-15-16(24)7-8-17(19)20/h3,5-8,11,14-15H,4,9-10,12-13H2,1-2H3,(H,25,26)(H,27,28). The molecule has 1 heterocycles. The topological polar surface area (TPSA) is 72.5 Å². The molecule has 0 unspecified atom stereocenters. The predicted molar refractivity (Wildman–Crippen MR) is 121 cm³/mol. The number of carbonyl (C=O) groups is 1. The number of hydrogen-bond donors (Lipinski definition) is 2. The average molecular weight is 428 g/mol. The van der Waals surface area contributed by atoms with Gasteiger partial charge in [0.1, 0.15) is 11.5 Å². The van der Waals surface area contributed by atoms with E-state index in [-0.39, 0.29) is 5.91 Å². The first kappa shape index (κ1) is 21.7. The number of amides is 1. The molecule has 3 rings (SSSR count). The van der Waals surface area contributed by atoms with Gasteiger partial charge in [0.15, 0.2) is 0 Å². The molecule has 7 heteroatoms. The second-order valence-electron chi connectivity index (χ2n) is 6.79. The summed E-state index contributed by atoms with van der Waals surface area (Å²) >= 11 is 6.03. The highest BCUT2D eigenvalue weighted by Crippen LogP contribution is 2.29. The highest BCUT2D eigenvalue weighted by atomic mass is 35.5. The number of benzene rings is 2. The number of carbonyl (C=O) groups excluding carboxylic acids is 1. The van der Waals surface area contributed by atoms with E-state index in [1.54, 1.807) is 20.4 Å². The van der Waals surface area contributed by atoms with E-state index in [2.05, 4.69) is 15.6 Å². The number of halogens is 1. The van der Waals surface area contributed by atoms with Crippen LogP contribution in [0.2, 0.25) is 5.02 Å². The Morgan fingerprint density at radius 3 is 2.57 bits per heavy atom. The number of ether oxygens (including phenoxy) is 2. The van der Waals surface area contributed by atoms with Gasteiger partial charge in [0.25, 0.3) is 0 Å². The zero-order valence-electron chi connectivity index (χ0n) is 17.2. The van der Waals surface area contributed by atoms with Gasteiger partial charge in [-0.25, -0.2) is 0 Å². The molecule has 30 heavy (non-hydrogen) atoms. The van der Waals surface area contributed by atoms with E-state index in [0.717, 1.165) is 46.6 Å². The van der Waals surface area contributed by atoms with Gasteiger partial charge in [0, 0.05) is 47.4 Å². The molecule has 2 N–H and O–H groups in total. The van der Waals surface area contributed by atoms with Crippen LogP contribution in [0.5, 0.6) is 11.5 Å². The number of rotatable bonds is 10. The highest BCUT2D eigenvalue weighted by Gasteiger charge is 2.11. The second kappa shape index (κ2) is 10.7. The number of aromatic nitrogens is 1. The molecular weight excluding hydrogens is 402 g/mol. The van der Waals surface area contributed by atoms with Crippen LogP contribution in [0, 0.1) is 0 Å². The van der Waals surface area contributed by atoms with Gasteiger partial charge >= 0.3 is 0 Å². The molecule has 1 aromatic heterocycles. The van der Waals surface area contributed by atoms with Crippen LogP contribution in [-0.4, -0.2) is 38.2 Å². The molecule has 3 aromatic rings. The summed E-state index contributed by atoms with van der Waals surface area (Å²) in [6.07, 6.45) is 3.50. The van der Waals surface area contributed by atoms with Gasteiger partial charge in [-0.2, -0.15) is 0 Å². The lowest BCUT2D eigenvalue weighted by atomic mass is 10.1. The average Bonchev–Trinajstić information content (AvgIpc) is 2.76. The highest BCUT2D eigenvalue weighted by molar-refractivity contribution is 6.31. The fourth-order valence-electron chi connectivity index (χ4n) is 3.32. The van der Waals surface area contributed by atoms with E-state index in [0.29, 0.717) is 24.4 Å². The van der Waals surface area contributed by atoms with E-state index < -0.39 is 0 Å². The van der Waals surface area contributed by atoms with Crippen molar-refractivity contribution in [1.29, 1.82) is 0 Å². The van der Waals surface area contributed by atoms with Crippen LogP contribution in [0.4, 0.5) is 5.69 Å². The minimum absolute atomic E-state index is 0.00645. The van der Waals surface area contributed by atoms with Crippen molar-refractivity contribution in [2.75, 3.05) is 32.6 Å². The molecule has 0 bridgehead atoms. The Hall–Kier alpha value is -2.99. The monoisotopic (exact) mass is 427 g/mol. The number of anilines is 1. The van der Waals surface area contributed by atoms with Crippen molar-refractivity contribution in [3.8, 4) is 11.5 Å². The third-order valence-corrected chi connectivity index (χ3v) is 5.06. The molecule has 0 atom stereocenters. The Morgan fingerprint density at radius 1 is 1.07 bits per heavy atom. The summed E-state index contributed by atoms with van der Waals surface area (Å²) in [7, 11) is 3.23. The lowest BCUT2D eigenvalue weighted by Gasteiger charge is -2.13. The van der Waals surface area contributed by atoms with E-state index in [1.807, 2.05) is 42.5 Å². The number of methoxy groups -OCH3 is 2. The van der Waals surface area contributed by atoms with Crippen LogP contribution in [0.1, 0.15) is 18.4 Å². The lowest BCUT2D eigenvalue weighted by molar-refractivity contribution is -0.121. The van der Waals surface area contributed by atoms with Gasteiger partial charge in [-0.05, 0) is 49.2 Å². The largest absolute Gasteiger partial charge is 0.496 e. The minimum atomic E-state index is 0.00645. The van der Waals surface area contributed by atoms with Crippen LogP contribution >= 0.6 is 11.6 Å². The summed E-state index contributed by atoms with van der Waals surface area (Å²) < 4.78 is 10.8. The number of nitrogens with zero attached hydrogens (tertiary/aromatic N) is 1. The fourth-order valence-corrected chi connectivity index (χ4v) is 3.48. The molecule has 0 aliphatic rings. The first-order valence-electron chi connectivity index (χ1n) is 9.87. The molecule has 158 valence electrons. The molecule has 0 saturated carbocycles. The molecule has 6 nitrogen and oxygen atoms in total.